The van der Waals surface area contributed by atoms with E-state index >= 15 is 0 Å². The second-order valence-corrected chi connectivity index (χ2v) is 4.77. The van der Waals surface area contributed by atoms with Gasteiger partial charge in [-0.3, -0.25) is 0 Å². The quantitative estimate of drug-likeness (QED) is 0.510. The van der Waals surface area contributed by atoms with E-state index in [0.717, 1.165) is 0 Å². The molecule has 0 fully saturated rings. The maximum Gasteiger partial charge on any atom is -0.0332 e. The maximum atomic E-state index is 2.44. The average Bonchev–Trinajstić information content (AvgIpc) is 1.94. The SMILES string of the molecule is CCCCCCC[CH]C(C)(C)C. The highest BCUT2D eigenvalue weighted by Gasteiger charge is 2.08. The van der Waals surface area contributed by atoms with Gasteiger partial charge in [0, 0.05) is 0 Å². The first kappa shape index (κ1) is 12.0. The molecule has 12 heavy (non-hydrogen) atoms. The van der Waals surface area contributed by atoms with Crippen LogP contribution in [0.5, 0.6) is 0 Å². The molecule has 0 aromatic heterocycles. The van der Waals surface area contributed by atoms with E-state index in [4.69, 9.17) is 0 Å². The first-order chi connectivity index (χ1) is 5.56. The highest BCUT2D eigenvalue weighted by Crippen LogP contribution is 2.21. The lowest BCUT2D eigenvalue weighted by atomic mass is 9.89. The summed E-state index contributed by atoms with van der Waals surface area (Å²) in [6, 6.07) is 0. The van der Waals surface area contributed by atoms with E-state index in [1.807, 2.05) is 0 Å². The Labute approximate surface area is 78.8 Å². The third-order valence-corrected chi connectivity index (χ3v) is 2.06. The molecule has 0 heteroatoms. The van der Waals surface area contributed by atoms with Crippen molar-refractivity contribution in [3.63, 3.8) is 0 Å². The van der Waals surface area contributed by atoms with Crippen molar-refractivity contribution < 1.29 is 0 Å². The largest absolute Gasteiger partial charge is 0.0654 e. The molecule has 0 nitrogen and oxygen atoms in total. The maximum absolute atomic E-state index is 2.44. The number of hydrogen-bond donors (Lipinski definition) is 0. The van der Waals surface area contributed by atoms with Crippen LogP contribution in [-0.2, 0) is 0 Å². The lowest BCUT2D eigenvalue weighted by Crippen LogP contribution is -2.04. The molecule has 0 N–H and O–H groups in total. The summed E-state index contributed by atoms with van der Waals surface area (Å²) in [6.45, 7) is 9.10. The van der Waals surface area contributed by atoms with Crippen molar-refractivity contribution in [2.24, 2.45) is 5.41 Å². The Morgan fingerprint density at radius 2 is 1.50 bits per heavy atom. The summed E-state index contributed by atoms with van der Waals surface area (Å²) in [5, 5.41) is 0. The fourth-order valence-corrected chi connectivity index (χ4v) is 1.28. The van der Waals surface area contributed by atoms with Gasteiger partial charge in [-0.25, -0.2) is 0 Å². The molecule has 0 rings (SSSR count). The highest BCUT2D eigenvalue weighted by atomic mass is 14.1. The van der Waals surface area contributed by atoms with Gasteiger partial charge in [0.05, 0.1) is 0 Å². The molecule has 0 aromatic carbocycles. The molecule has 0 saturated carbocycles. The van der Waals surface area contributed by atoms with Crippen molar-refractivity contribution in [2.75, 3.05) is 0 Å². The zero-order valence-electron chi connectivity index (χ0n) is 9.32. The van der Waals surface area contributed by atoms with Crippen molar-refractivity contribution in [1.82, 2.24) is 0 Å². The Balaban J connectivity index is 3.01. The molecule has 0 aromatic rings. The molecule has 0 spiro atoms. The van der Waals surface area contributed by atoms with E-state index in [1.54, 1.807) is 0 Å². The van der Waals surface area contributed by atoms with E-state index < -0.39 is 0 Å². The second kappa shape index (κ2) is 6.51. The monoisotopic (exact) mass is 169 g/mol. The first-order valence-corrected chi connectivity index (χ1v) is 5.40. The summed E-state index contributed by atoms with van der Waals surface area (Å²) in [7, 11) is 0. The first-order valence-electron chi connectivity index (χ1n) is 5.40. The highest BCUT2D eigenvalue weighted by molar-refractivity contribution is 4.79. The minimum Gasteiger partial charge on any atom is -0.0654 e. The third-order valence-electron chi connectivity index (χ3n) is 2.06. The molecular formula is C12H25. The smallest absolute Gasteiger partial charge is 0.0332 e. The Morgan fingerprint density at radius 1 is 0.917 bits per heavy atom. The van der Waals surface area contributed by atoms with Gasteiger partial charge in [0.2, 0.25) is 0 Å². The fourth-order valence-electron chi connectivity index (χ4n) is 1.28. The zero-order chi connectivity index (χ0) is 9.45. The van der Waals surface area contributed by atoms with Crippen LogP contribution in [0.25, 0.3) is 0 Å². The lowest BCUT2D eigenvalue weighted by Gasteiger charge is -2.16. The minimum atomic E-state index is 0.421. The summed E-state index contributed by atoms with van der Waals surface area (Å²) >= 11 is 0. The van der Waals surface area contributed by atoms with E-state index in [1.165, 1.54) is 38.5 Å². The van der Waals surface area contributed by atoms with Crippen LogP contribution in [-0.4, -0.2) is 0 Å². The average molecular weight is 169 g/mol. The van der Waals surface area contributed by atoms with Gasteiger partial charge in [0.25, 0.3) is 0 Å². The molecule has 0 amide bonds. The summed E-state index contributed by atoms with van der Waals surface area (Å²) in [6.07, 6.45) is 10.7. The van der Waals surface area contributed by atoms with Crippen molar-refractivity contribution in [2.45, 2.75) is 66.2 Å². The summed E-state index contributed by atoms with van der Waals surface area (Å²) in [5.74, 6) is 0. The Morgan fingerprint density at radius 3 is 2.00 bits per heavy atom. The molecule has 73 valence electrons. The Kier molecular flexibility index (Phi) is 6.51. The van der Waals surface area contributed by atoms with Gasteiger partial charge in [-0.05, 0) is 18.3 Å². The summed E-state index contributed by atoms with van der Waals surface area (Å²) < 4.78 is 0. The van der Waals surface area contributed by atoms with Crippen molar-refractivity contribution >= 4 is 0 Å². The van der Waals surface area contributed by atoms with Crippen LogP contribution in [0.3, 0.4) is 0 Å². The predicted molar refractivity (Wildman–Crippen MR) is 57.1 cm³/mol. The Bertz CT molecular complexity index is 86.7. The molecule has 0 aliphatic carbocycles. The van der Waals surface area contributed by atoms with E-state index in [-0.39, 0.29) is 0 Å². The van der Waals surface area contributed by atoms with Gasteiger partial charge in [0.15, 0.2) is 0 Å². The molecule has 0 bridgehead atoms. The van der Waals surface area contributed by atoms with Crippen LogP contribution in [0, 0.1) is 11.8 Å². The van der Waals surface area contributed by atoms with Gasteiger partial charge in [-0.2, -0.15) is 0 Å². The van der Waals surface area contributed by atoms with Crippen LogP contribution in [0.4, 0.5) is 0 Å². The van der Waals surface area contributed by atoms with Gasteiger partial charge in [-0.15, -0.1) is 0 Å². The van der Waals surface area contributed by atoms with Crippen LogP contribution in [0.1, 0.15) is 66.2 Å². The summed E-state index contributed by atoms with van der Waals surface area (Å²) in [4.78, 5) is 0. The van der Waals surface area contributed by atoms with Crippen LogP contribution in [0.15, 0.2) is 0 Å². The van der Waals surface area contributed by atoms with Crippen LogP contribution in [0.2, 0.25) is 0 Å². The second-order valence-electron chi connectivity index (χ2n) is 4.77. The zero-order valence-corrected chi connectivity index (χ0v) is 9.32. The van der Waals surface area contributed by atoms with Gasteiger partial charge < -0.3 is 0 Å². The van der Waals surface area contributed by atoms with Gasteiger partial charge in [0.1, 0.15) is 0 Å². The van der Waals surface area contributed by atoms with Crippen LogP contribution < -0.4 is 0 Å². The minimum absolute atomic E-state index is 0.421. The normalized spacial score (nSPS) is 12.0. The predicted octanol–water partition coefficient (Wildman–Crippen LogP) is 4.60. The molecule has 0 atom stereocenters. The van der Waals surface area contributed by atoms with Crippen molar-refractivity contribution in [3.05, 3.63) is 6.42 Å². The molecule has 0 aliphatic rings. The topological polar surface area (TPSA) is 0 Å². The van der Waals surface area contributed by atoms with E-state index in [2.05, 4.69) is 34.1 Å². The van der Waals surface area contributed by atoms with Gasteiger partial charge in [-0.1, -0.05) is 59.8 Å². The third kappa shape index (κ3) is 10.0. The van der Waals surface area contributed by atoms with E-state index in [0.29, 0.717) is 5.41 Å². The number of hydrogen-bond acceptors (Lipinski definition) is 0. The van der Waals surface area contributed by atoms with Crippen molar-refractivity contribution in [3.8, 4) is 0 Å². The Hall–Kier alpha value is 0. The molecular weight excluding hydrogens is 144 g/mol. The standard InChI is InChI=1S/C12H25/c1-5-6-7-8-9-10-11-12(2,3)4/h11H,5-10H2,1-4H3. The van der Waals surface area contributed by atoms with Crippen LogP contribution >= 0.6 is 0 Å². The van der Waals surface area contributed by atoms with Gasteiger partial charge >= 0.3 is 0 Å². The molecule has 1 radical (unpaired) electrons. The molecule has 0 unspecified atom stereocenters. The van der Waals surface area contributed by atoms with E-state index in [9.17, 15) is 0 Å². The number of unbranched alkanes of at least 4 members (excludes halogenated alkanes) is 5. The lowest BCUT2D eigenvalue weighted by molar-refractivity contribution is 0.462. The molecule has 0 saturated heterocycles. The number of rotatable bonds is 6. The van der Waals surface area contributed by atoms with Crippen molar-refractivity contribution in [1.29, 1.82) is 0 Å². The molecule has 0 heterocycles. The molecule has 0 aliphatic heterocycles. The summed E-state index contributed by atoms with van der Waals surface area (Å²) in [5.41, 5.74) is 0.421. The fraction of sp³-hybridized carbons (Fsp3) is 0.917.